The predicted octanol–water partition coefficient (Wildman–Crippen LogP) is 10.2. The Bertz CT molecular complexity index is 1560. The zero-order valence-electron chi connectivity index (χ0n) is 26.7. The summed E-state index contributed by atoms with van der Waals surface area (Å²) in [5.74, 6) is 0.865. The molecule has 5 nitrogen and oxygen atoms in total. The molecule has 234 valence electrons. The molecule has 2 heterocycles. The van der Waals surface area contributed by atoms with Gasteiger partial charge in [-0.2, -0.15) is 0 Å². The maximum Gasteiger partial charge on any atom is 0.231 e. The monoisotopic (exact) mass is 601 g/mol. The number of hydrogen-bond donors (Lipinski definition) is 1. The van der Waals surface area contributed by atoms with Gasteiger partial charge in [0.25, 0.3) is 0 Å². The third-order valence-electron chi connectivity index (χ3n) is 8.17. The lowest BCUT2D eigenvalue weighted by atomic mass is 9.98. The maximum absolute atomic E-state index is 14.2. The number of halogens is 2. The predicted molar refractivity (Wildman–Crippen MR) is 178 cm³/mol. The molecular weight excluding hydrogens is 556 g/mol. The number of rotatable bonds is 12. The highest BCUT2D eigenvalue weighted by Gasteiger charge is 2.19. The normalized spacial score (nSPS) is 11.8. The minimum Gasteiger partial charge on any atom is -0.454 e. The van der Waals surface area contributed by atoms with E-state index in [-0.39, 0.29) is 13.3 Å². The molecular formula is C37H45F2N3O2. The van der Waals surface area contributed by atoms with Gasteiger partial charge in [0.05, 0.1) is 5.52 Å². The first-order valence-electron chi connectivity index (χ1n) is 15.7. The van der Waals surface area contributed by atoms with Gasteiger partial charge in [-0.3, -0.25) is 0 Å². The molecule has 0 atom stereocenters. The van der Waals surface area contributed by atoms with Gasteiger partial charge in [0.2, 0.25) is 6.79 Å². The van der Waals surface area contributed by atoms with Crippen LogP contribution in [0.2, 0.25) is 0 Å². The summed E-state index contributed by atoms with van der Waals surface area (Å²) in [6.07, 6.45) is 7.52. The van der Waals surface area contributed by atoms with E-state index in [1.807, 2.05) is 36.4 Å². The second-order valence-corrected chi connectivity index (χ2v) is 11.2. The Kier molecular flexibility index (Phi) is 11.6. The molecule has 1 aliphatic heterocycles. The van der Waals surface area contributed by atoms with Crippen molar-refractivity contribution in [2.75, 3.05) is 19.2 Å². The van der Waals surface area contributed by atoms with E-state index in [4.69, 9.17) is 14.5 Å². The summed E-state index contributed by atoms with van der Waals surface area (Å²) in [6.45, 7) is 13.7. The molecule has 0 saturated carbocycles. The van der Waals surface area contributed by atoms with Crippen LogP contribution in [0.15, 0.2) is 67.2 Å². The van der Waals surface area contributed by atoms with Crippen LogP contribution in [0.1, 0.15) is 77.3 Å². The number of benzene rings is 3. The first-order valence-corrected chi connectivity index (χ1v) is 15.7. The number of pyridine rings is 1. The lowest BCUT2D eigenvalue weighted by Gasteiger charge is -2.31. The lowest BCUT2D eigenvalue weighted by molar-refractivity contribution is 0.174. The van der Waals surface area contributed by atoms with E-state index in [0.717, 1.165) is 63.7 Å². The second-order valence-electron chi connectivity index (χ2n) is 11.2. The maximum atomic E-state index is 14.2. The number of ether oxygens (including phenoxy) is 2. The summed E-state index contributed by atoms with van der Waals surface area (Å²) in [5, 5.41) is 4.18. The van der Waals surface area contributed by atoms with Crippen LogP contribution in [0, 0.1) is 11.6 Å². The van der Waals surface area contributed by atoms with Gasteiger partial charge >= 0.3 is 0 Å². The Hall–Kier alpha value is -4.13. The Labute approximate surface area is 260 Å². The van der Waals surface area contributed by atoms with Crippen molar-refractivity contribution in [2.24, 2.45) is 0 Å². The van der Waals surface area contributed by atoms with E-state index < -0.39 is 11.6 Å². The van der Waals surface area contributed by atoms with Crippen LogP contribution < -0.4 is 14.8 Å². The average Bonchev–Trinajstić information content (AvgIpc) is 3.51. The molecule has 4 aromatic rings. The highest BCUT2D eigenvalue weighted by Crippen LogP contribution is 2.38. The molecule has 0 bridgehead atoms. The third kappa shape index (κ3) is 7.87. The van der Waals surface area contributed by atoms with Gasteiger partial charge in [-0.25, -0.2) is 13.8 Å². The molecule has 0 saturated heterocycles. The van der Waals surface area contributed by atoms with Gasteiger partial charge < -0.3 is 19.7 Å². The summed E-state index contributed by atoms with van der Waals surface area (Å²) in [7, 11) is 2.06. The molecule has 0 spiro atoms. The van der Waals surface area contributed by atoms with E-state index >= 15 is 0 Å². The fourth-order valence-electron chi connectivity index (χ4n) is 5.41. The fourth-order valence-corrected chi connectivity index (χ4v) is 5.41. The van der Waals surface area contributed by atoms with Gasteiger partial charge in [-0.05, 0) is 60.4 Å². The summed E-state index contributed by atoms with van der Waals surface area (Å²) in [4.78, 5) is 7.02. The van der Waals surface area contributed by atoms with Crippen LogP contribution >= 0.6 is 0 Å². The number of anilines is 1. The molecule has 0 fully saturated rings. The smallest absolute Gasteiger partial charge is 0.231 e. The Balaban J connectivity index is 0.000000670. The first-order chi connectivity index (χ1) is 21.3. The summed E-state index contributed by atoms with van der Waals surface area (Å²) in [6, 6.07) is 17.9. The standard InChI is InChI=1S/C31H31F2N3O2.C6H14/c1-5-24(6-2)36(4)19(3)25-16-31(34-17-22-7-10-23(32)15-27(22)33)35-28-11-8-20(13-26(25)28)21-9-12-29-30(14-21)38-18-37-29;1-3-5-6-4-2/h7-16,24H,3,5-6,17-18H2,1-2,4H3,(H,34,35);3-6H2,1-2H3. The number of hydrogen-bond acceptors (Lipinski definition) is 5. The third-order valence-corrected chi connectivity index (χ3v) is 8.17. The zero-order valence-corrected chi connectivity index (χ0v) is 26.7. The van der Waals surface area contributed by atoms with Crippen molar-refractivity contribution in [3.8, 4) is 22.6 Å². The van der Waals surface area contributed by atoms with E-state index in [1.54, 1.807) is 0 Å². The highest BCUT2D eigenvalue weighted by molar-refractivity contribution is 5.95. The van der Waals surface area contributed by atoms with Gasteiger partial charge in [-0.15, -0.1) is 0 Å². The van der Waals surface area contributed by atoms with Crippen molar-refractivity contribution in [3.63, 3.8) is 0 Å². The first kappa shape index (κ1) is 32.8. The number of unbranched alkanes of at least 4 members (excludes halogenated alkanes) is 3. The Morgan fingerprint density at radius 1 is 0.886 bits per heavy atom. The van der Waals surface area contributed by atoms with Crippen molar-refractivity contribution < 1.29 is 18.3 Å². The molecule has 0 unspecified atom stereocenters. The minimum absolute atomic E-state index is 0.175. The van der Waals surface area contributed by atoms with Crippen molar-refractivity contribution in [1.82, 2.24) is 9.88 Å². The fraction of sp³-hybridized carbons (Fsp3) is 0.378. The van der Waals surface area contributed by atoms with Crippen LogP contribution in [0.4, 0.5) is 14.6 Å². The van der Waals surface area contributed by atoms with E-state index in [2.05, 4.69) is 57.6 Å². The Morgan fingerprint density at radius 3 is 2.25 bits per heavy atom. The van der Waals surface area contributed by atoms with Gasteiger partial charge in [0.15, 0.2) is 11.5 Å². The molecule has 0 aliphatic carbocycles. The van der Waals surface area contributed by atoms with E-state index in [1.165, 1.54) is 37.8 Å². The van der Waals surface area contributed by atoms with Crippen molar-refractivity contribution in [1.29, 1.82) is 0 Å². The molecule has 44 heavy (non-hydrogen) atoms. The van der Waals surface area contributed by atoms with Crippen LogP contribution in [0.5, 0.6) is 11.5 Å². The van der Waals surface area contributed by atoms with Crippen LogP contribution in [-0.4, -0.2) is 29.8 Å². The van der Waals surface area contributed by atoms with Gasteiger partial charge in [0, 0.05) is 47.9 Å². The number of fused-ring (bicyclic) bond motifs is 2. The molecule has 0 amide bonds. The van der Waals surface area contributed by atoms with E-state index in [0.29, 0.717) is 17.4 Å². The molecule has 1 aliphatic rings. The van der Waals surface area contributed by atoms with Crippen molar-refractivity contribution >= 4 is 22.4 Å². The SMILES string of the molecule is C=C(c1cc(NCc2ccc(F)cc2F)nc2ccc(-c3ccc4c(c3)OCO4)cc12)N(C)C(CC)CC.CCCCCC. The summed E-state index contributed by atoms with van der Waals surface area (Å²) >= 11 is 0. The van der Waals surface area contributed by atoms with Crippen LogP contribution in [0.25, 0.3) is 27.7 Å². The molecule has 7 heteroatoms. The van der Waals surface area contributed by atoms with E-state index in [9.17, 15) is 8.78 Å². The summed E-state index contributed by atoms with van der Waals surface area (Å²) < 4.78 is 38.6. The molecule has 5 rings (SSSR count). The summed E-state index contributed by atoms with van der Waals surface area (Å²) in [5.41, 5.74) is 4.99. The number of nitrogens with one attached hydrogen (secondary N) is 1. The molecule has 1 aromatic heterocycles. The van der Waals surface area contributed by atoms with Crippen molar-refractivity contribution in [3.05, 3.63) is 90.0 Å². The van der Waals surface area contributed by atoms with Gasteiger partial charge in [-0.1, -0.05) is 78.2 Å². The number of aromatic nitrogens is 1. The topological polar surface area (TPSA) is 46.6 Å². The van der Waals surface area contributed by atoms with Crippen LogP contribution in [0.3, 0.4) is 0 Å². The largest absolute Gasteiger partial charge is 0.454 e. The highest BCUT2D eigenvalue weighted by atomic mass is 19.1. The molecule has 0 radical (unpaired) electrons. The zero-order chi connectivity index (χ0) is 31.6. The van der Waals surface area contributed by atoms with Gasteiger partial charge in [0.1, 0.15) is 17.5 Å². The average molecular weight is 602 g/mol. The number of nitrogens with zero attached hydrogens (tertiary/aromatic N) is 2. The second kappa shape index (κ2) is 15.6. The lowest BCUT2D eigenvalue weighted by Crippen LogP contribution is -2.28. The van der Waals surface area contributed by atoms with Crippen LogP contribution in [-0.2, 0) is 6.54 Å². The van der Waals surface area contributed by atoms with Crippen molar-refractivity contribution in [2.45, 2.75) is 78.8 Å². The Morgan fingerprint density at radius 2 is 1.57 bits per heavy atom. The minimum atomic E-state index is -0.601. The quantitative estimate of drug-likeness (QED) is 0.164. The molecule has 3 aromatic carbocycles. The molecule has 1 N–H and O–H groups in total.